The van der Waals surface area contributed by atoms with Crippen molar-refractivity contribution < 1.29 is 4.74 Å². The fourth-order valence-corrected chi connectivity index (χ4v) is 3.79. The quantitative estimate of drug-likeness (QED) is 0.340. The third-order valence-electron chi connectivity index (χ3n) is 4.06. The van der Waals surface area contributed by atoms with Crippen LogP contribution in [-0.4, -0.2) is 31.8 Å². The number of aromatic nitrogens is 5. The van der Waals surface area contributed by atoms with Crippen LogP contribution >= 0.6 is 23.4 Å². The largest absolute Gasteiger partial charge is 0.497 e. The molecule has 3 aromatic heterocycles. The Labute approximate surface area is 171 Å². The molecule has 4 aromatic rings. The molecule has 0 amide bonds. The lowest BCUT2D eigenvalue weighted by atomic mass is 10.2. The van der Waals surface area contributed by atoms with E-state index in [1.807, 2.05) is 53.1 Å². The van der Waals surface area contributed by atoms with E-state index >= 15 is 0 Å². The van der Waals surface area contributed by atoms with Gasteiger partial charge in [0, 0.05) is 35.6 Å². The summed E-state index contributed by atoms with van der Waals surface area (Å²) in [7, 11) is 1.65. The summed E-state index contributed by atoms with van der Waals surface area (Å²) in [6.07, 6.45) is 5.19. The van der Waals surface area contributed by atoms with Gasteiger partial charge in [-0.1, -0.05) is 23.4 Å². The third-order valence-corrected chi connectivity index (χ3v) is 5.27. The van der Waals surface area contributed by atoms with Gasteiger partial charge in [-0.2, -0.15) is 0 Å². The third kappa shape index (κ3) is 4.00. The summed E-state index contributed by atoms with van der Waals surface area (Å²) >= 11 is 7.58. The summed E-state index contributed by atoms with van der Waals surface area (Å²) in [6, 6.07) is 15.4. The number of hydrogen-bond acceptors (Lipinski definition) is 6. The van der Waals surface area contributed by atoms with Gasteiger partial charge in [0.15, 0.2) is 11.0 Å². The number of nitrogens with zero attached hydrogens (tertiary/aromatic N) is 5. The molecule has 0 atom stereocenters. The van der Waals surface area contributed by atoms with Crippen LogP contribution in [0.1, 0.15) is 5.56 Å². The molecule has 4 rings (SSSR count). The monoisotopic (exact) mass is 409 g/mol. The van der Waals surface area contributed by atoms with Crippen LogP contribution in [0.3, 0.4) is 0 Å². The summed E-state index contributed by atoms with van der Waals surface area (Å²) in [5, 5.41) is 10.1. The first-order valence-corrected chi connectivity index (χ1v) is 9.84. The maximum Gasteiger partial charge on any atom is 0.196 e. The van der Waals surface area contributed by atoms with Crippen molar-refractivity contribution in [2.24, 2.45) is 0 Å². The lowest BCUT2D eigenvalue weighted by molar-refractivity contribution is 0.414. The first-order chi connectivity index (χ1) is 13.7. The molecule has 0 unspecified atom stereocenters. The van der Waals surface area contributed by atoms with Crippen LogP contribution in [-0.2, 0) is 5.75 Å². The highest BCUT2D eigenvalue weighted by molar-refractivity contribution is 7.98. The lowest BCUT2D eigenvalue weighted by Gasteiger charge is -2.11. The van der Waals surface area contributed by atoms with Gasteiger partial charge in [-0.25, -0.2) is 4.98 Å². The van der Waals surface area contributed by atoms with Crippen molar-refractivity contribution in [3.8, 4) is 22.8 Å². The zero-order valence-electron chi connectivity index (χ0n) is 15.0. The molecule has 3 heterocycles. The molecular weight excluding hydrogens is 394 g/mol. The molecule has 1 aromatic carbocycles. The predicted octanol–water partition coefficient (Wildman–Crippen LogP) is 4.68. The number of halogens is 1. The molecule has 0 N–H and O–H groups in total. The van der Waals surface area contributed by atoms with E-state index in [0.29, 0.717) is 10.9 Å². The van der Waals surface area contributed by atoms with Crippen molar-refractivity contribution in [2.75, 3.05) is 7.11 Å². The molecule has 0 spiro atoms. The van der Waals surface area contributed by atoms with Gasteiger partial charge in [-0.15, -0.1) is 10.2 Å². The molecule has 0 saturated heterocycles. The van der Waals surface area contributed by atoms with Crippen molar-refractivity contribution in [1.82, 2.24) is 24.7 Å². The zero-order chi connectivity index (χ0) is 19.3. The van der Waals surface area contributed by atoms with Gasteiger partial charge in [0.1, 0.15) is 10.9 Å². The Hall–Kier alpha value is -2.90. The maximum atomic E-state index is 6.00. The lowest BCUT2D eigenvalue weighted by Crippen LogP contribution is -2.00. The zero-order valence-corrected chi connectivity index (χ0v) is 16.6. The van der Waals surface area contributed by atoms with Crippen molar-refractivity contribution in [3.63, 3.8) is 0 Å². The SMILES string of the molecule is COc1ccc(-n2c(SCc3ccnc(Cl)c3)nnc2-c2ccncc2)cc1. The number of ether oxygens (including phenoxy) is 1. The molecule has 140 valence electrons. The normalized spacial score (nSPS) is 10.8. The summed E-state index contributed by atoms with van der Waals surface area (Å²) in [5.74, 6) is 2.25. The molecule has 28 heavy (non-hydrogen) atoms. The van der Waals surface area contributed by atoms with Crippen LogP contribution in [0.25, 0.3) is 17.1 Å². The Balaban J connectivity index is 1.72. The summed E-state index contributed by atoms with van der Waals surface area (Å²) in [5.41, 5.74) is 2.96. The predicted molar refractivity (Wildman–Crippen MR) is 110 cm³/mol. The molecule has 0 radical (unpaired) electrons. The maximum absolute atomic E-state index is 6.00. The molecule has 0 fully saturated rings. The highest BCUT2D eigenvalue weighted by Crippen LogP contribution is 2.30. The molecule has 0 aliphatic rings. The van der Waals surface area contributed by atoms with Crippen LogP contribution in [0.4, 0.5) is 0 Å². The first kappa shape index (κ1) is 18.5. The number of thioether (sulfide) groups is 1. The highest BCUT2D eigenvalue weighted by atomic mass is 35.5. The van der Waals surface area contributed by atoms with E-state index in [0.717, 1.165) is 33.5 Å². The number of hydrogen-bond donors (Lipinski definition) is 0. The van der Waals surface area contributed by atoms with Gasteiger partial charge in [0.25, 0.3) is 0 Å². The summed E-state index contributed by atoms with van der Waals surface area (Å²) in [4.78, 5) is 8.11. The smallest absolute Gasteiger partial charge is 0.196 e. The van der Waals surface area contributed by atoms with Gasteiger partial charge in [0.05, 0.1) is 7.11 Å². The summed E-state index contributed by atoms with van der Waals surface area (Å²) < 4.78 is 7.31. The molecule has 0 aliphatic heterocycles. The van der Waals surface area contributed by atoms with Crippen molar-refractivity contribution in [3.05, 3.63) is 77.8 Å². The number of rotatable bonds is 6. The van der Waals surface area contributed by atoms with Gasteiger partial charge >= 0.3 is 0 Å². The topological polar surface area (TPSA) is 65.7 Å². The molecule has 0 bridgehead atoms. The second kappa shape index (κ2) is 8.41. The van der Waals surface area contributed by atoms with Crippen molar-refractivity contribution in [1.29, 1.82) is 0 Å². The van der Waals surface area contributed by atoms with E-state index < -0.39 is 0 Å². The molecule has 0 aliphatic carbocycles. The second-order valence-electron chi connectivity index (χ2n) is 5.85. The van der Waals surface area contributed by atoms with E-state index in [9.17, 15) is 0 Å². The fraction of sp³-hybridized carbons (Fsp3) is 0.100. The minimum absolute atomic E-state index is 0.479. The minimum atomic E-state index is 0.479. The summed E-state index contributed by atoms with van der Waals surface area (Å²) in [6.45, 7) is 0. The standard InChI is InChI=1S/C20H16ClN5OS/c1-27-17-4-2-16(3-5-17)26-19(15-7-9-22-10-8-15)24-25-20(26)28-13-14-6-11-23-18(21)12-14/h2-12H,13H2,1H3. The minimum Gasteiger partial charge on any atom is -0.497 e. The highest BCUT2D eigenvalue weighted by Gasteiger charge is 2.16. The second-order valence-corrected chi connectivity index (χ2v) is 7.18. The molecular formula is C20H16ClN5OS. The Morgan fingerprint density at radius 2 is 1.79 bits per heavy atom. The van der Waals surface area contributed by atoms with E-state index in [4.69, 9.17) is 16.3 Å². The average molecular weight is 410 g/mol. The molecule has 6 nitrogen and oxygen atoms in total. The molecule has 0 saturated carbocycles. The Kier molecular flexibility index (Phi) is 5.55. The Morgan fingerprint density at radius 3 is 2.50 bits per heavy atom. The van der Waals surface area contributed by atoms with Gasteiger partial charge in [-0.05, 0) is 54.1 Å². The van der Waals surface area contributed by atoms with E-state index in [1.165, 1.54) is 0 Å². The van der Waals surface area contributed by atoms with Crippen LogP contribution in [0.5, 0.6) is 5.75 Å². The Bertz CT molecular complexity index is 1070. The van der Waals surface area contributed by atoms with Gasteiger partial charge < -0.3 is 4.74 Å². The van der Waals surface area contributed by atoms with Crippen LogP contribution in [0.15, 0.2) is 72.3 Å². The first-order valence-electron chi connectivity index (χ1n) is 8.48. The molecule has 8 heteroatoms. The number of methoxy groups -OCH3 is 1. The van der Waals surface area contributed by atoms with Crippen LogP contribution in [0.2, 0.25) is 5.15 Å². The number of benzene rings is 1. The van der Waals surface area contributed by atoms with Crippen molar-refractivity contribution in [2.45, 2.75) is 10.9 Å². The van der Waals surface area contributed by atoms with E-state index in [2.05, 4.69) is 20.2 Å². The van der Waals surface area contributed by atoms with E-state index in [1.54, 1.807) is 37.5 Å². The average Bonchev–Trinajstić information content (AvgIpc) is 3.17. The van der Waals surface area contributed by atoms with Gasteiger partial charge in [0.2, 0.25) is 0 Å². The number of pyridine rings is 2. The van der Waals surface area contributed by atoms with Crippen molar-refractivity contribution >= 4 is 23.4 Å². The fourth-order valence-electron chi connectivity index (χ4n) is 2.70. The van der Waals surface area contributed by atoms with E-state index in [-0.39, 0.29) is 0 Å². The van der Waals surface area contributed by atoms with Crippen LogP contribution in [0, 0.1) is 0 Å². The van der Waals surface area contributed by atoms with Gasteiger partial charge in [-0.3, -0.25) is 9.55 Å². The Morgan fingerprint density at radius 1 is 1.00 bits per heavy atom. The van der Waals surface area contributed by atoms with Crippen LogP contribution < -0.4 is 4.74 Å².